The van der Waals surface area contributed by atoms with Gasteiger partial charge in [-0.3, -0.25) is 0 Å². The molecule has 2 nitrogen and oxygen atoms in total. The van der Waals surface area contributed by atoms with Gasteiger partial charge in [-0.25, -0.2) is 0 Å². The molecule has 0 aromatic heterocycles. The van der Waals surface area contributed by atoms with Gasteiger partial charge in [0, 0.05) is 10.8 Å². The van der Waals surface area contributed by atoms with Gasteiger partial charge >= 0.3 is 0 Å². The normalized spacial score (nSPS) is 50.5. The molecule has 3 aliphatic rings. The first-order valence-corrected chi connectivity index (χ1v) is 8.85. The number of hydrogen-bond donors (Lipinski definition) is 2. The first-order chi connectivity index (χ1) is 10.1. The van der Waals surface area contributed by atoms with E-state index in [0.29, 0.717) is 5.92 Å². The van der Waals surface area contributed by atoms with Crippen LogP contribution in [0.5, 0.6) is 0 Å². The Kier molecular flexibility index (Phi) is 3.48. The van der Waals surface area contributed by atoms with Gasteiger partial charge in [0.15, 0.2) is 0 Å². The third kappa shape index (κ3) is 1.93. The number of allylic oxidation sites excluding steroid dienone is 2. The third-order valence-corrected chi connectivity index (χ3v) is 7.64. The molecule has 2 heteroatoms. The monoisotopic (exact) mass is 304 g/mol. The van der Waals surface area contributed by atoms with E-state index in [0.717, 1.165) is 38.5 Å². The van der Waals surface area contributed by atoms with Crippen LogP contribution in [-0.2, 0) is 0 Å². The zero-order valence-corrected chi connectivity index (χ0v) is 14.7. The molecule has 22 heavy (non-hydrogen) atoms. The highest BCUT2D eigenvalue weighted by Gasteiger charge is 2.63. The Bertz CT molecular complexity index is 520. The fraction of sp³-hybridized carbons (Fsp3) is 0.800. The maximum atomic E-state index is 11.7. The van der Waals surface area contributed by atoms with E-state index in [1.807, 2.05) is 6.08 Å². The molecular weight excluding hydrogens is 272 g/mol. The maximum absolute atomic E-state index is 11.7. The van der Waals surface area contributed by atoms with E-state index in [2.05, 4.69) is 40.3 Å². The van der Waals surface area contributed by atoms with Crippen LogP contribution >= 0.6 is 0 Å². The van der Waals surface area contributed by atoms with Crippen molar-refractivity contribution in [1.29, 1.82) is 0 Å². The molecule has 0 bridgehead atoms. The lowest BCUT2D eigenvalue weighted by Gasteiger charge is -2.64. The number of hydrogen-bond acceptors (Lipinski definition) is 2. The van der Waals surface area contributed by atoms with Gasteiger partial charge < -0.3 is 10.2 Å². The fourth-order valence-electron chi connectivity index (χ4n) is 5.81. The molecule has 2 fully saturated rings. The summed E-state index contributed by atoms with van der Waals surface area (Å²) < 4.78 is 0. The standard InChI is InChI=1S/C20H32O2/c1-6-18(4)11-12-20(22)14(13-18)7-8-15-17(2,3)16(21)9-10-19(15,20)5/h6,13,15-16,21-22H,1,7-12H2,2-5H3/t15-,16+,18+,19+,20-/m1/s1. The van der Waals surface area contributed by atoms with Crippen molar-refractivity contribution in [2.24, 2.45) is 22.2 Å². The van der Waals surface area contributed by atoms with Crippen molar-refractivity contribution in [3.8, 4) is 0 Å². The highest BCUT2D eigenvalue weighted by atomic mass is 16.3. The second-order valence-corrected chi connectivity index (χ2v) is 9.12. The van der Waals surface area contributed by atoms with E-state index in [4.69, 9.17) is 0 Å². The molecule has 0 aromatic carbocycles. The van der Waals surface area contributed by atoms with E-state index in [1.54, 1.807) is 0 Å². The molecule has 0 aliphatic heterocycles. The number of rotatable bonds is 1. The summed E-state index contributed by atoms with van der Waals surface area (Å²) in [6.45, 7) is 12.9. The summed E-state index contributed by atoms with van der Waals surface area (Å²) in [5, 5.41) is 22.2. The Morgan fingerprint density at radius 1 is 1.14 bits per heavy atom. The van der Waals surface area contributed by atoms with Crippen LogP contribution < -0.4 is 0 Å². The van der Waals surface area contributed by atoms with Crippen molar-refractivity contribution >= 4 is 0 Å². The smallest absolute Gasteiger partial charge is 0.0913 e. The maximum Gasteiger partial charge on any atom is 0.0913 e. The summed E-state index contributed by atoms with van der Waals surface area (Å²) >= 11 is 0. The molecular formula is C20H32O2. The molecule has 3 rings (SSSR count). The SMILES string of the molecule is C=C[C@]1(C)C=C2CC[C@@H]3C(C)(C)[C@@H](O)CC[C@]3(C)[C@@]2(O)CC1. The Morgan fingerprint density at radius 3 is 2.45 bits per heavy atom. The summed E-state index contributed by atoms with van der Waals surface area (Å²) in [5.41, 5.74) is 0.312. The molecule has 2 N–H and O–H groups in total. The molecule has 0 heterocycles. The van der Waals surface area contributed by atoms with Crippen molar-refractivity contribution in [1.82, 2.24) is 0 Å². The molecule has 0 aromatic rings. The van der Waals surface area contributed by atoms with Gasteiger partial charge in [0.2, 0.25) is 0 Å². The highest BCUT2D eigenvalue weighted by molar-refractivity contribution is 5.34. The Hall–Kier alpha value is -0.600. The summed E-state index contributed by atoms with van der Waals surface area (Å²) in [7, 11) is 0. The van der Waals surface area contributed by atoms with E-state index >= 15 is 0 Å². The van der Waals surface area contributed by atoms with Gasteiger partial charge in [-0.2, -0.15) is 0 Å². The van der Waals surface area contributed by atoms with E-state index < -0.39 is 5.60 Å². The minimum Gasteiger partial charge on any atom is -0.393 e. The van der Waals surface area contributed by atoms with Crippen LogP contribution in [0.4, 0.5) is 0 Å². The van der Waals surface area contributed by atoms with Crippen molar-refractivity contribution in [3.63, 3.8) is 0 Å². The van der Waals surface area contributed by atoms with Crippen LogP contribution in [0.3, 0.4) is 0 Å². The quantitative estimate of drug-likeness (QED) is 0.712. The lowest BCUT2D eigenvalue weighted by Crippen LogP contribution is -2.63. The van der Waals surface area contributed by atoms with E-state index in [1.165, 1.54) is 5.57 Å². The fourth-order valence-corrected chi connectivity index (χ4v) is 5.81. The van der Waals surface area contributed by atoms with Crippen molar-refractivity contribution in [2.45, 2.75) is 77.9 Å². The molecule has 0 saturated heterocycles. The Morgan fingerprint density at radius 2 is 1.82 bits per heavy atom. The summed E-state index contributed by atoms with van der Waals surface area (Å²) in [6, 6.07) is 0. The van der Waals surface area contributed by atoms with Crippen LogP contribution in [-0.4, -0.2) is 21.9 Å². The van der Waals surface area contributed by atoms with E-state index in [9.17, 15) is 10.2 Å². The minimum atomic E-state index is -0.699. The Labute approximate surface area is 135 Å². The van der Waals surface area contributed by atoms with Crippen molar-refractivity contribution in [3.05, 3.63) is 24.3 Å². The summed E-state index contributed by atoms with van der Waals surface area (Å²) in [6.07, 6.45) is 9.60. The lowest BCUT2D eigenvalue weighted by atomic mass is 9.43. The van der Waals surface area contributed by atoms with Gasteiger partial charge in [-0.15, -0.1) is 6.58 Å². The molecule has 0 spiro atoms. The van der Waals surface area contributed by atoms with Gasteiger partial charge in [0.05, 0.1) is 11.7 Å². The van der Waals surface area contributed by atoms with Crippen LogP contribution in [0.1, 0.15) is 66.2 Å². The second kappa shape index (κ2) is 4.70. The predicted octanol–water partition coefficient (Wildman–Crippen LogP) is 4.23. The molecule has 0 unspecified atom stereocenters. The van der Waals surface area contributed by atoms with Gasteiger partial charge in [0.25, 0.3) is 0 Å². The van der Waals surface area contributed by atoms with Crippen molar-refractivity contribution in [2.75, 3.05) is 0 Å². The van der Waals surface area contributed by atoms with Crippen LogP contribution in [0, 0.1) is 22.2 Å². The van der Waals surface area contributed by atoms with Crippen LogP contribution in [0.2, 0.25) is 0 Å². The molecule has 0 radical (unpaired) electrons. The first kappa shape index (κ1) is 16.3. The molecule has 5 atom stereocenters. The van der Waals surface area contributed by atoms with E-state index in [-0.39, 0.29) is 22.3 Å². The largest absolute Gasteiger partial charge is 0.393 e. The minimum absolute atomic E-state index is 0.0223. The first-order valence-electron chi connectivity index (χ1n) is 8.85. The third-order valence-electron chi connectivity index (χ3n) is 7.64. The van der Waals surface area contributed by atoms with Gasteiger partial charge in [-0.05, 0) is 55.4 Å². The Balaban J connectivity index is 2.06. The average Bonchev–Trinajstić information content (AvgIpc) is 2.46. The zero-order chi connectivity index (χ0) is 16.4. The topological polar surface area (TPSA) is 40.5 Å². The average molecular weight is 304 g/mol. The number of aliphatic hydroxyl groups excluding tert-OH is 1. The second-order valence-electron chi connectivity index (χ2n) is 9.12. The summed E-state index contributed by atoms with van der Waals surface area (Å²) in [4.78, 5) is 0. The van der Waals surface area contributed by atoms with Gasteiger partial charge in [-0.1, -0.05) is 39.8 Å². The molecule has 3 aliphatic carbocycles. The predicted molar refractivity (Wildman–Crippen MR) is 90.4 cm³/mol. The molecule has 0 amide bonds. The van der Waals surface area contributed by atoms with Crippen molar-refractivity contribution < 1.29 is 10.2 Å². The van der Waals surface area contributed by atoms with Gasteiger partial charge in [0.1, 0.15) is 0 Å². The van der Waals surface area contributed by atoms with Crippen LogP contribution in [0.25, 0.3) is 0 Å². The highest BCUT2D eigenvalue weighted by Crippen LogP contribution is 2.65. The number of fused-ring (bicyclic) bond motifs is 3. The zero-order valence-electron chi connectivity index (χ0n) is 14.7. The number of aliphatic hydroxyl groups is 2. The molecule has 124 valence electrons. The lowest BCUT2D eigenvalue weighted by molar-refractivity contribution is -0.192. The van der Waals surface area contributed by atoms with Crippen LogP contribution in [0.15, 0.2) is 24.3 Å². The molecule has 2 saturated carbocycles. The summed E-state index contributed by atoms with van der Waals surface area (Å²) in [5.74, 6) is 0.374.